The Kier molecular flexibility index (Phi) is 4.71. The van der Waals surface area contributed by atoms with Gasteiger partial charge in [0.25, 0.3) is 0 Å². The molecule has 0 aliphatic carbocycles. The van der Waals surface area contributed by atoms with Gasteiger partial charge < -0.3 is 11.1 Å². The van der Waals surface area contributed by atoms with Gasteiger partial charge in [-0.05, 0) is 41.4 Å². The predicted molar refractivity (Wildman–Crippen MR) is 63.5 cm³/mol. The van der Waals surface area contributed by atoms with E-state index in [1.807, 2.05) is 6.92 Å². The minimum atomic E-state index is -0.0311. The van der Waals surface area contributed by atoms with Crippen LogP contribution in [0.25, 0.3) is 0 Å². The van der Waals surface area contributed by atoms with E-state index in [1.54, 1.807) is 18.3 Å². The standard InChI is InChI=1S/C10H14BrN3O/c1-7(12)2-5-10(15)14-8-3-4-9(11)13-6-8/h3-4,6-7H,2,5,12H2,1H3,(H,14,15). The van der Waals surface area contributed by atoms with E-state index in [0.29, 0.717) is 18.5 Å². The summed E-state index contributed by atoms with van der Waals surface area (Å²) in [6.07, 6.45) is 2.73. The number of halogens is 1. The molecule has 0 spiro atoms. The molecule has 15 heavy (non-hydrogen) atoms. The van der Waals surface area contributed by atoms with Gasteiger partial charge in [-0.3, -0.25) is 4.79 Å². The van der Waals surface area contributed by atoms with E-state index in [1.165, 1.54) is 0 Å². The van der Waals surface area contributed by atoms with Crippen molar-refractivity contribution in [1.82, 2.24) is 4.98 Å². The molecule has 1 unspecified atom stereocenters. The van der Waals surface area contributed by atoms with Gasteiger partial charge in [0.15, 0.2) is 0 Å². The van der Waals surface area contributed by atoms with Crippen molar-refractivity contribution in [3.8, 4) is 0 Å². The van der Waals surface area contributed by atoms with Crippen molar-refractivity contribution >= 4 is 27.5 Å². The topological polar surface area (TPSA) is 68.0 Å². The molecule has 5 heteroatoms. The number of pyridine rings is 1. The van der Waals surface area contributed by atoms with Crippen LogP contribution < -0.4 is 11.1 Å². The molecule has 0 saturated heterocycles. The maximum absolute atomic E-state index is 11.4. The van der Waals surface area contributed by atoms with Gasteiger partial charge >= 0.3 is 0 Å². The van der Waals surface area contributed by atoms with Gasteiger partial charge in [-0.25, -0.2) is 4.98 Å². The van der Waals surface area contributed by atoms with Gasteiger partial charge in [0.05, 0.1) is 11.9 Å². The van der Waals surface area contributed by atoms with Crippen molar-refractivity contribution in [2.45, 2.75) is 25.8 Å². The zero-order chi connectivity index (χ0) is 11.3. The molecule has 0 bridgehead atoms. The summed E-state index contributed by atoms with van der Waals surface area (Å²) in [4.78, 5) is 15.4. The van der Waals surface area contributed by atoms with Gasteiger partial charge in [0, 0.05) is 12.5 Å². The monoisotopic (exact) mass is 271 g/mol. The molecule has 4 nitrogen and oxygen atoms in total. The van der Waals surface area contributed by atoms with Crippen molar-refractivity contribution in [1.29, 1.82) is 0 Å². The Labute approximate surface area is 97.4 Å². The first kappa shape index (κ1) is 12.1. The molecule has 0 fully saturated rings. The molecule has 3 N–H and O–H groups in total. The number of nitrogens with two attached hydrogens (primary N) is 1. The van der Waals surface area contributed by atoms with Crippen LogP contribution in [0.5, 0.6) is 0 Å². The van der Waals surface area contributed by atoms with Crippen LogP contribution >= 0.6 is 15.9 Å². The number of anilines is 1. The van der Waals surface area contributed by atoms with Gasteiger partial charge in [-0.2, -0.15) is 0 Å². The van der Waals surface area contributed by atoms with Crippen LogP contribution in [-0.4, -0.2) is 16.9 Å². The smallest absolute Gasteiger partial charge is 0.224 e. The summed E-state index contributed by atoms with van der Waals surface area (Å²) in [6, 6.07) is 3.63. The highest BCUT2D eigenvalue weighted by molar-refractivity contribution is 9.10. The fraction of sp³-hybridized carbons (Fsp3) is 0.400. The molecular formula is C10H14BrN3O. The first-order valence-corrected chi connectivity index (χ1v) is 5.54. The minimum Gasteiger partial charge on any atom is -0.328 e. The van der Waals surface area contributed by atoms with Gasteiger partial charge in [0.1, 0.15) is 4.60 Å². The van der Waals surface area contributed by atoms with E-state index in [4.69, 9.17) is 5.73 Å². The maximum Gasteiger partial charge on any atom is 0.224 e. The largest absolute Gasteiger partial charge is 0.328 e. The average molecular weight is 272 g/mol. The van der Waals surface area contributed by atoms with Gasteiger partial charge in [0.2, 0.25) is 5.91 Å². The third kappa shape index (κ3) is 4.90. The lowest BCUT2D eigenvalue weighted by Gasteiger charge is -2.06. The summed E-state index contributed by atoms with van der Waals surface area (Å²) in [5.74, 6) is -0.0311. The van der Waals surface area contributed by atoms with Crippen LogP contribution in [0, 0.1) is 0 Å². The van der Waals surface area contributed by atoms with E-state index in [0.717, 1.165) is 4.60 Å². The third-order valence-corrected chi connectivity index (χ3v) is 2.31. The number of nitrogens with zero attached hydrogens (tertiary/aromatic N) is 1. The third-order valence-electron chi connectivity index (χ3n) is 1.84. The highest BCUT2D eigenvalue weighted by Crippen LogP contribution is 2.10. The Balaban J connectivity index is 2.41. The highest BCUT2D eigenvalue weighted by Gasteiger charge is 2.04. The Hall–Kier alpha value is -0.940. The normalized spacial score (nSPS) is 12.2. The molecule has 82 valence electrons. The van der Waals surface area contributed by atoms with Crippen molar-refractivity contribution in [2.24, 2.45) is 5.73 Å². The number of carbonyl (C=O) groups is 1. The SMILES string of the molecule is CC(N)CCC(=O)Nc1ccc(Br)nc1. The number of carbonyl (C=O) groups excluding carboxylic acids is 1. The van der Waals surface area contributed by atoms with Crippen molar-refractivity contribution in [2.75, 3.05) is 5.32 Å². The number of hydrogen-bond acceptors (Lipinski definition) is 3. The van der Waals surface area contributed by atoms with Crippen LogP contribution in [0.15, 0.2) is 22.9 Å². The zero-order valence-electron chi connectivity index (χ0n) is 8.53. The Morgan fingerprint density at radius 2 is 2.40 bits per heavy atom. The van der Waals surface area contributed by atoms with Gasteiger partial charge in [-0.1, -0.05) is 0 Å². The number of hydrogen-bond donors (Lipinski definition) is 2. The molecule has 0 saturated carbocycles. The minimum absolute atomic E-state index is 0.0311. The fourth-order valence-electron chi connectivity index (χ4n) is 1.03. The van der Waals surface area contributed by atoms with Crippen LogP contribution in [0.3, 0.4) is 0 Å². The summed E-state index contributed by atoms with van der Waals surface area (Å²) in [5.41, 5.74) is 6.26. The molecule has 0 aliphatic rings. The lowest BCUT2D eigenvalue weighted by molar-refractivity contribution is -0.116. The average Bonchev–Trinajstić information content (AvgIpc) is 2.19. The molecule has 1 amide bonds. The van der Waals surface area contributed by atoms with Crippen LogP contribution in [-0.2, 0) is 4.79 Å². The highest BCUT2D eigenvalue weighted by atomic mass is 79.9. The lowest BCUT2D eigenvalue weighted by atomic mass is 10.2. The van der Waals surface area contributed by atoms with Crippen molar-refractivity contribution in [3.63, 3.8) is 0 Å². The van der Waals surface area contributed by atoms with Crippen LogP contribution in [0.1, 0.15) is 19.8 Å². The zero-order valence-corrected chi connectivity index (χ0v) is 10.1. The van der Waals surface area contributed by atoms with E-state index in [-0.39, 0.29) is 11.9 Å². The number of aromatic nitrogens is 1. The number of rotatable bonds is 4. The summed E-state index contributed by atoms with van der Waals surface area (Å²) in [5, 5.41) is 2.75. The molecule has 1 heterocycles. The Bertz CT molecular complexity index is 324. The number of nitrogens with one attached hydrogen (secondary N) is 1. The first-order valence-electron chi connectivity index (χ1n) is 4.75. The summed E-state index contributed by atoms with van der Waals surface area (Å²) in [6.45, 7) is 1.88. The lowest BCUT2D eigenvalue weighted by Crippen LogP contribution is -2.19. The van der Waals surface area contributed by atoms with Crippen molar-refractivity contribution < 1.29 is 4.79 Å². The van der Waals surface area contributed by atoms with Crippen LogP contribution in [0.2, 0.25) is 0 Å². The second kappa shape index (κ2) is 5.82. The molecule has 1 aromatic heterocycles. The van der Waals surface area contributed by atoms with E-state index in [2.05, 4.69) is 26.2 Å². The molecule has 0 aromatic carbocycles. The Morgan fingerprint density at radius 1 is 1.67 bits per heavy atom. The number of amides is 1. The molecule has 0 aliphatic heterocycles. The van der Waals surface area contributed by atoms with Gasteiger partial charge in [-0.15, -0.1) is 0 Å². The summed E-state index contributed by atoms with van der Waals surface area (Å²) in [7, 11) is 0. The van der Waals surface area contributed by atoms with E-state index >= 15 is 0 Å². The van der Waals surface area contributed by atoms with Crippen LogP contribution in [0.4, 0.5) is 5.69 Å². The quantitative estimate of drug-likeness (QED) is 0.823. The summed E-state index contributed by atoms with van der Waals surface area (Å²) < 4.78 is 0.746. The molecule has 0 radical (unpaired) electrons. The molecule has 1 rings (SSSR count). The second-order valence-electron chi connectivity index (χ2n) is 3.43. The second-order valence-corrected chi connectivity index (χ2v) is 4.25. The molecule has 1 aromatic rings. The van der Waals surface area contributed by atoms with E-state index < -0.39 is 0 Å². The summed E-state index contributed by atoms with van der Waals surface area (Å²) >= 11 is 3.22. The predicted octanol–water partition coefficient (Wildman–Crippen LogP) is 1.91. The fourth-order valence-corrected chi connectivity index (χ4v) is 1.27. The maximum atomic E-state index is 11.4. The molecule has 1 atom stereocenters. The first-order chi connectivity index (χ1) is 7.08. The Morgan fingerprint density at radius 3 is 2.93 bits per heavy atom. The molecular weight excluding hydrogens is 258 g/mol. The van der Waals surface area contributed by atoms with E-state index in [9.17, 15) is 4.79 Å². The van der Waals surface area contributed by atoms with Crippen molar-refractivity contribution in [3.05, 3.63) is 22.9 Å².